The molecule has 1 saturated heterocycles. The number of sulfonamides is 1. The third-order valence-electron chi connectivity index (χ3n) is 4.15. The van der Waals surface area contributed by atoms with Gasteiger partial charge in [-0.05, 0) is 43.5 Å². The van der Waals surface area contributed by atoms with E-state index in [1.807, 2.05) is 0 Å². The Labute approximate surface area is 124 Å². The number of rotatable bonds is 4. The maximum Gasteiger partial charge on any atom is 0.240 e. The highest BCUT2D eigenvalue weighted by molar-refractivity contribution is 7.89. The van der Waals surface area contributed by atoms with E-state index in [9.17, 15) is 8.42 Å². The van der Waals surface area contributed by atoms with Gasteiger partial charge in [0.15, 0.2) is 11.5 Å². The molecule has 1 fully saturated rings. The molecule has 2 aliphatic rings. The molecule has 2 heterocycles. The monoisotopic (exact) mass is 312 g/mol. The zero-order valence-electron chi connectivity index (χ0n) is 12.0. The van der Waals surface area contributed by atoms with Crippen molar-refractivity contribution in [2.24, 2.45) is 5.41 Å². The Morgan fingerprint density at radius 2 is 1.95 bits per heavy atom. The van der Waals surface area contributed by atoms with Crippen LogP contribution in [0.15, 0.2) is 23.1 Å². The largest absolute Gasteiger partial charge is 0.454 e. The minimum absolute atomic E-state index is 0.00859. The van der Waals surface area contributed by atoms with E-state index in [0.717, 1.165) is 25.9 Å². The predicted octanol–water partition coefficient (Wildman–Crippen LogP) is 1.08. The van der Waals surface area contributed by atoms with E-state index in [1.165, 1.54) is 6.07 Å². The molecule has 116 valence electrons. The molecule has 2 aliphatic heterocycles. The fraction of sp³-hybridized carbons (Fsp3) is 0.571. The summed E-state index contributed by atoms with van der Waals surface area (Å²) in [6.07, 6.45) is 1.94. The van der Waals surface area contributed by atoms with Crippen LogP contribution in [0.25, 0.3) is 0 Å². The van der Waals surface area contributed by atoms with E-state index in [0.29, 0.717) is 18.0 Å². The summed E-state index contributed by atoms with van der Waals surface area (Å²) in [7, 11) is -3.53. The molecule has 0 saturated carbocycles. The van der Waals surface area contributed by atoms with Gasteiger partial charge in [-0.2, -0.15) is 0 Å². The van der Waals surface area contributed by atoms with Crippen molar-refractivity contribution < 1.29 is 17.9 Å². The minimum Gasteiger partial charge on any atom is -0.454 e. The number of benzene rings is 1. The Morgan fingerprint density at radius 1 is 1.24 bits per heavy atom. The maximum absolute atomic E-state index is 12.4. The molecule has 7 heteroatoms. The van der Waals surface area contributed by atoms with Crippen LogP contribution < -0.4 is 19.5 Å². The standard InChI is InChI=1S/C14H20N2O4S/c1-14(4-6-15-7-5-14)9-16-21(17,18)11-2-3-12-13(8-11)20-10-19-12/h2-3,8,15-16H,4-7,9-10H2,1H3. The van der Waals surface area contributed by atoms with Crippen molar-refractivity contribution in [3.05, 3.63) is 18.2 Å². The first-order valence-corrected chi connectivity index (χ1v) is 8.57. The van der Waals surface area contributed by atoms with Crippen molar-refractivity contribution in [3.63, 3.8) is 0 Å². The lowest BCUT2D eigenvalue weighted by atomic mass is 9.81. The molecule has 0 atom stereocenters. The summed E-state index contributed by atoms with van der Waals surface area (Å²) in [5, 5.41) is 3.29. The second-order valence-electron chi connectivity index (χ2n) is 5.90. The molecule has 1 aromatic rings. The number of piperidine rings is 1. The van der Waals surface area contributed by atoms with Crippen LogP contribution in [0, 0.1) is 5.41 Å². The number of hydrogen-bond donors (Lipinski definition) is 2. The lowest BCUT2D eigenvalue weighted by molar-refractivity contribution is 0.174. The van der Waals surface area contributed by atoms with E-state index in [1.54, 1.807) is 12.1 Å². The maximum atomic E-state index is 12.4. The molecule has 3 rings (SSSR count). The summed E-state index contributed by atoms with van der Waals surface area (Å²) in [6, 6.07) is 4.68. The highest BCUT2D eigenvalue weighted by Crippen LogP contribution is 2.34. The first-order chi connectivity index (χ1) is 9.99. The van der Waals surface area contributed by atoms with Gasteiger partial charge in [0.2, 0.25) is 16.8 Å². The minimum atomic E-state index is -3.53. The van der Waals surface area contributed by atoms with Gasteiger partial charge >= 0.3 is 0 Å². The van der Waals surface area contributed by atoms with Gasteiger partial charge in [-0.1, -0.05) is 6.92 Å². The summed E-state index contributed by atoms with van der Waals surface area (Å²) in [4.78, 5) is 0.212. The molecule has 2 N–H and O–H groups in total. The molecule has 0 bridgehead atoms. The van der Waals surface area contributed by atoms with Crippen LogP contribution in [0.3, 0.4) is 0 Å². The fourth-order valence-electron chi connectivity index (χ4n) is 2.60. The summed E-state index contributed by atoms with van der Waals surface area (Å²) in [6.45, 7) is 4.57. The van der Waals surface area contributed by atoms with Crippen LogP contribution in [0.1, 0.15) is 19.8 Å². The van der Waals surface area contributed by atoms with Gasteiger partial charge in [0.05, 0.1) is 4.90 Å². The number of hydrogen-bond acceptors (Lipinski definition) is 5. The second-order valence-corrected chi connectivity index (χ2v) is 7.67. The zero-order valence-corrected chi connectivity index (χ0v) is 12.8. The lowest BCUT2D eigenvalue weighted by Gasteiger charge is -2.34. The van der Waals surface area contributed by atoms with Crippen molar-refractivity contribution >= 4 is 10.0 Å². The highest BCUT2D eigenvalue weighted by atomic mass is 32.2. The molecule has 6 nitrogen and oxygen atoms in total. The van der Waals surface area contributed by atoms with Crippen molar-refractivity contribution in [2.45, 2.75) is 24.7 Å². The molecule has 0 amide bonds. The van der Waals surface area contributed by atoms with Crippen molar-refractivity contribution in [1.82, 2.24) is 10.0 Å². The third kappa shape index (κ3) is 3.14. The van der Waals surface area contributed by atoms with Crippen LogP contribution >= 0.6 is 0 Å². The van der Waals surface area contributed by atoms with Crippen molar-refractivity contribution in [2.75, 3.05) is 26.4 Å². The summed E-state index contributed by atoms with van der Waals surface area (Å²) >= 11 is 0. The highest BCUT2D eigenvalue weighted by Gasteiger charge is 2.29. The van der Waals surface area contributed by atoms with Crippen LogP contribution in [-0.2, 0) is 10.0 Å². The van der Waals surface area contributed by atoms with Gasteiger partial charge < -0.3 is 14.8 Å². The fourth-order valence-corrected chi connectivity index (χ4v) is 3.82. The molecular weight excluding hydrogens is 292 g/mol. The number of nitrogens with one attached hydrogen (secondary N) is 2. The summed E-state index contributed by atoms with van der Waals surface area (Å²) in [5.41, 5.74) is 0.00859. The van der Waals surface area contributed by atoms with Gasteiger partial charge in [-0.15, -0.1) is 0 Å². The molecule has 0 spiro atoms. The van der Waals surface area contributed by atoms with Gasteiger partial charge in [-0.3, -0.25) is 0 Å². The predicted molar refractivity (Wildman–Crippen MR) is 78.0 cm³/mol. The van der Waals surface area contributed by atoms with Gasteiger partial charge in [0.1, 0.15) is 0 Å². The third-order valence-corrected chi connectivity index (χ3v) is 5.55. The zero-order chi connectivity index (χ0) is 14.9. The van der Waals surface area contributed by atoms with E-state index in [-0.39, 0.29) is 17.1 Å². The number of fused-ring (bicyclic) bond motifs is 1. The van der Waals surface area contributed by atoms with Crippen molar-refractivity contribution in [3.8, 4) is 11.5 Å². The van der Waals surface area contributed by atoms with E-state index < -0.39 is 10.0 Å². The van der Waals surface area contributed by atoms with Crippen LogP contribution in [0.2, 0.25) is 0 Å². The Hall–Kier alpha value is -1.31. The topological polar surface area (TPSA) is 76.7 Å². The summed E-state index contributed by atoms with van der Waals surface area (Å²) < 4.78 is 37.9. The van der Waals surface area contributed by atoms with E-state index in [2.05, 4.69) is 17.0 Å². The smallest absolute Gasteiger partial charge is 0.240 e. The van der Waals surface area contributed by atoms with Crippen LogP contribution in [0.5, 0.6) is 11.5 Å². The molecule has 21 heavy (non-hydrogen) atoms. The molecule has 0 aliphatic carbocycles. The molecule has 0 unspecified atom stereocenters. The Bertz CT molecular complexity index is 624. The van der Waals surface area contributed by atoms with Crippen LogP contribution in [0.4, 0.5) is 0 Å². The summed E-state index contributed by atoms with van der Waals surface area (Å²) in [5.74, 6) is 1.06. The second kappa shape index (κ2) is 5.47. The average Bonchev–Trinajstić information content (AvgIpc) is 2.94. The van der Waals surface area contributed by atoms with Crippen LogP contribution in [-0.4, -0.2) is 34.8 Å². The first kappa shape index (κ1) is 14.6. The Kier molecular flexibility index (Phi) is 3.81. The SMILES string of the molecule is CC1(CNS(=O)(=O)c2ccc3c(c2)OCO3)CCNCC1. The molecule has 1 aromatic carbocycles. The number of ether oxygens (including phenoxy) is 2. The molecule has 0 radical (unpaired) electrons. The van der Waals surface area contributed by atoms with Gasteiger partial charge in [-0.25, -0.2) is 13.1 Å². The van der Waals surface area contributed by atoms with Gasteiger partial charge in [0, 0.05) is 12.6 Å². The quantitative estimate of drug-likeness (QED) is 0.870. The van der Waals surface area contributed by atoms with E-state index in [4.69, 9.17) is 9.47 Å². The van der Waals surface area contributed by atoms with E-state index >= 15 is 0 Å². The normalized spacial score (nSPS) is 20.4. The van der Waals surface area contributed by atoms with Gasteiger partial charge in [0.25, 0.3) is 0 Å². The Balaban J connectivity index is 1.72. The molecular formula is C14H20N2O4S. The van der Waals surface area contributed by atoms with Crippen molar-refractivity contribution in [1.29, 1.82) is 0 Å². The Morgan fingerprint density at radius 3 is 2.71 bits per heavy atom. The lowest BCUT2D eigenvalue weighted by Crippen LogP contribution is -2.42. The average molecular weight is 312 g/mol. The molecule has 0 aromatic heterocycles. The first-order valence-electron chi connectivity index (χ1n) is 7.09.